The fraction of sp³-hybridized carbons (Fsp3) is 0.0625. The second-order valence-electron chi connectivity index (χ2n) is 11.0. The van der Waals surface area contributed by atoms with Gasteiger partial charge in [-0.2, -0.15) is 10.2 Å². The number of nitrogens with two attached hydrogens (primary N) is 2. The Morgan fingerprint density at radius 1 is 0.625 bits per heavy atom. The zero-order chi connectivity index (χ0) is 39.5. The number of aromatic hydroxyl groups is 2. The molecular weight excluding hydrogens is 862 g/mol. The van der Waals surface area contributed by atoms with E-state index in [0.29, 0.717) is 32.8 Å². The van der Waals surface area contributed by atoms with E-state index in [0.717, 1.165) is 45.8 Å². The molecule has 2 aromatic heterocycles. The van der Waals surface area contributed by atoms with E-state index in [4.69, 9.17) is 33.5 Å². The molecule has 56 heavy (non-hydrogen) atoms. The van der Waals surface area contributed by atoms with Crippen molar-refractivity contribution in [1.29, 1.82) is 0 Å². The Balaban J connectivity index is 0.000000290. The molecule has 0 fully saturated rings. The second kappa shape index (κ2) is 18.7. The molecule has 6 rings (SSSR count). The molecule has 18 nitrogen and oxygen atoms in total. The van der Waals surface area contributed by atoms with E-state index in [-0.39, 0.29) is 91.0 Å². The van der Waals surface area contributed by atoms with Crippen LogP contribution < -0.4 is 51.0 Å². The number of halogens is 2. The molecule has 2 heterocycles. The summed E-state index contributed by atoms with van der Waals surface area (Å²) in [5, 5.41) is 54.3. The van der Waals surface area contributed by atoms with Crippen molar-refractivity contribution in [1.82, 2.24) is 19.6 Å². The summed E-state index contributed by atoms with van der Waals surface area (Å²) in [6, 6.07) is 19.6. The van der Waals surface area contributed by atoms with Crippen LogP contribution in [-0.2, 0) is 37.4 Å². The number of benzene rings is 4. The molecule has 0 aliphatic carbocycles. The summed E-state index contributed by atoms with van der Waals surface area (Å²) >= 11 is 11.7. The van der Waals surface area contributed by atoms with Gasteiger partial charge < -0.3 is 30.0 Å². The van der Waals surface area contributed by atoms with Gasteiger partial charge in [0.2, 0.25) is 20.0 Å². The predicted molar refractivity (Wildman–Crippen MR) is 198 cm³/mol. The van der Waals surface area contributed by atoms with Crippen LogP contribution in [-0.4, -0.2) is 46.6 Å². The molecule has 4 aromatic carbocycles. The molecule has 0 aliphatic heterocycles. The van der Waals surface area contributed by atoms with Gasteiger partial charge >= 0.3 is 29.6 Å². The first-order valence-corrected chi connectivity index (χ1v) is 18.8. The molecule has 0 unspecified atom stereocenters. The van der Waals surface area contributed by atoms with Gasteiger partial charge in [-0.05, 0) is 84.9 Å². The van der Waals surface area contributed by atoms with Crippen LogP contribution in [0.3, 0.4) is 0 Å². The summed E-state index contributed by atoms with van der Waals surface area (Å²) in [6.45, 7) is 3.14. The number of hydrogen-bond donors (Lipinski definition) is 4. The number of nitrogens with zero attached hydrogens (tertiary/aromatic N) is 8. The number of aromatic nitrogens is 4. The molecule has 0 saturated carbocycles. The molecule has 286 valence electrons. The molecule has 0 amide bonds. The van der Waals surface area contributed by atoms with Crippen molar-refractivity contribution < 1.29 is 74.0 Å². The topological polar surface area (TPSA) is 280 Å². The molecule has 24 heteroatoms. The second-order valence-corrected chi connectivity index (χ2v) is 15.0. The van der Waals surface area contributed by atoms with Crippen LogP contribution in [0, 0.1) is 13.8 Å². The summed E-state index contributed by atoms with van der Waals surface area (Å²) < 4.78 is 47.9. The summed E-state index contributed by atoms with van der Waals surface area (Å²) in [6.07, 6.45) is 0. The standard InChI is InChI=1S/2C16H13ClN5O4S.Cr.Na/c2*1-9-15(16(24)22(21-9)11-4-2-10(17)3-5-11)20-19-13-8-12(27(18,25)26)6-7-14(13)23;;/h2*2-8,23H,1H3,(H2,18,25,26);;/q2*-1;;+1. The van der Waals surface area contributed by atoms with Gasteiger partial charge in [-0.3, -0.25) is 0 Å². The van der Waals surface area contributed by atoms with Crippen LogP contribution in [0.25, 0.3) is 11.4 Å². The van der Waals surface area contributed by atoms with Gasteiger partial charge in [-0.1, -0.05) is 48.4 Å². The van der Waals surface area contributed by atoms with Crippen molar-refractivity contribution >= 4 is 66.0 Å². The molecule has 0 saturated heterocycles. The van der Waals surface area contributed by atoms with Crippen molar-refractivity contribution in [3.05, 3.63) is 127 Å². The number of azo groups is 2. The van der Waals surface area contributed by atoms with Gasteiger partial charge in [0.05, 0.1) is 21.2 Å². The van der Waals surface area contributed by atoms with Crippen LogP contribution in [0.2, 0.25) is 10.0 Å². The van der Waals surface area contributed by atoms with Gasteiger partial charge in [-0.15, -0.1) is 11.4 Å². The Morgan fingerprint density at radius 2 is 0.946 bits per heavy atom. The number of phenolic OH excluding ortho intramolecular Hbond substituents is 2. The summed E-state index contributed by atoms with van der Waals surface area (Å²) in [5.41, 5.74) is 0.138. The Kier molecular flexibility index (Phi) is 15.4. The first kappa shape index (κ1) is 46.0. The molecule has 0 radical (unpaired) electrons. The van der Waals surface area contributed by atoms with E-state index in [2.05, 4.69) is 30.7 Å². The first-order valence-electron chi connectivity index (χ1n) is 14.9. The van der Waals surface area contributed by atoms with Gasteiger partial charge in [0.25, 0.3) is 0 Å². The smallest absolute Gasteiger partial charge is 0.506 e. The van der Waals surface area contributed by atoms with Gasteiger partial charge in [0, 0.05) is 27.4 Å². The van der Waals surface area contributed by atoms with E-state index in [1.54, 1.807) is 62.4 Å². The van der Waals surface area contributed by atoms with Crippen LogP contribution in [0.4, 0.5) is 22.7 Å². The van der Waals surface area contributed by atoms with E-state index < -0.39 is 31.2 Å². The maximum absolute atomic E-state index is 12.5. The van der Waals surface area contributed by atoms with E-state index in [1.165, 1.54) is 0 Å². The Hall–Kier alpha value is -4.37. The van der Waals surface area contributed by atoms with E-state index in [1.807, 2.05) is 0 Å². The minimum atomic E-state index is -3.98. The van der Waals surface area contributed by atoms with Crippen molar-refractivity contribution in [3.63, 3.8) is 0 Å². The van der Waals surface area contributed by atoms with Gasteiger partial charge in [0.1, 0.15) is 34.0 Å². The van der Waals surface area contributed by atoms with Crippen LogP contribution in [0.1, 0.15) is 11.4 Å². The maximum Gasteiger partial charge on any atom is 1.00 e. The van der Waals surface area contributed by atoms with Gasteiger partial charge in [0.15, 0.2) is 0 Å². The molecule has 6 aromatic rings. The third-order valence-electron chi connectivity index (χ3n) is 7.18. The molecule has 0 spiro atoms. The molecular formula is C32H26Cl2CrN10NaO8S2-. The number of aryl methyl sites for hydroxylation is 2. The fourth-order valence-electron chi connectivity index (χ4n) is 4.47. The molecule has 0 aliphatic rings. The van der Waals surface area contributed by atoms with Crippen LogP contribution in [0.5, 0.6) is 11.5 Å². The normalized spacial score (nSPS) is 11.5. The largest absolute Gasteiger partial charge is 1.00 e. The molecule has 6 N–H and O–H groups in total. The first-order chi connectivity index (χ1) is 25.3. The number of hydrogen-bond acceptors (Lipinski definition) is 14. The average molecular weight is 889 g/mol. The Morgan fingerprint density at radius 3 is 1.25 bits per heavy atom. The van der Waals surface area contributed by atoms with E-state index in [9.17, 15) is 36.6 Å². The summed E-state index contributed by atoms with van der Waals surface area (Å²) in [7, 11) is -7.96. The van der Waals surface area contributed by atoms with Crippen molar-refractivity contribution in [2.45, 2.75) is 23.6 Å². The fourth-order valence-corrected chi connectivity index (χ4v) is 5.79. The third kappa shape index (κ3) is 10.9. The molecule has 0 atom stereocenters. The number of sulfonamides is 2. The van der Waals surface area contributed by atoms with Crippen LogP contribution >= 0.6 is 23.2 Å². The van der Waals surface area contributed by atoms with Crippen molar-refractivity contribution in [2.75, 3.05) is 0 Å². The van der Waals surface area contributed by atoms with Crippen molar-refractivity contribution in [2.24, 2.45) is 30.7 Å². The van der Waals surface area contributed by atoms with Gasteiger partial charge in [-0.25, -0.2) is 46.7 Å². The van der Waals surface area contributed by atoms with Crippen LogP contribution in [0.15, 0.2) is 125 Å². The minimum absolute atomic E-state index is 0. The zero-order valence-electron chi connectivity index (χ0n) is 29.1. The molecule has 0 bridgehead atoms. The minimum Gasteiger partial charge on any atom is -0.506 e. The average Bonchev–Trinajstić information content (AvgIpc) is 3.55. The van der Waals surface area contributed by atoms with E-state index >= 15 is 0 Å². The number of primary sulfonamides is 2. The maximum atomic E-state index is 12.5. The Labute approximate surface area is 361 Å². The SMILES string of the molecule is Cc1nn(-c2ccc(Cl)cc2)c(=O)[c-]1N=Nc1cc(S(N)(=O)=O)ccc1O.Cc1nn(-c2ccc(Cl)cc2)c(=O)[c-]1N=Nc1cc(S(N)(=O)=O)ccc1O.[Cr].[Na+]. The third-order valence-corrected chi connectivity index (χ3v) is 9.51. The number of phenols is 2. The Bertz CT molecular complexity index is 2600. The monoisotopic (exact) mass is 887 g/mol. The van der Waals surface area contributed by atoms with Crippen molar-refractivity contribution in [3.8, 4) is 22.9 Å². The summed E-state index contributed by atoms with van der Waals surface area (Å²) in [5.74, 6) is -0.636. The zero-order valence-corrected chi connectivity index (χ0v) is 35.6. The quantitative estimate of drug-likeness (QED) is 0.0984. The number of rotatable bonds is 8. The predicted octanol–water partition coefficient (Wildman–Crippen LogP) is 2.36. The summed E-state index contributed by atoms with van der Waals surface area (Å²) in [4.78, 5) is 24.6.